The van der Waals surface area contributed by atoms with Gasteiger partial charge >= 0.3 is 6.18 Å². The van der Waals surface area contributed by atoms with E-state index in [0.717, 1.165) is 18.3 Å². The first-order valence-electron chi connectivity index (χ1n) is 10.4. The fourth-order valence-electron chi connectivity index (χ4n) is 2.89. The molecular formula is C26H24F3N3O3. The average Bonchev–Trinajstić information content (AvgIpc) is 2.85. The van der Waals surface area contributed by atoms with Crippen molar-refractivity contribution in [3.63, 3.8) is 0 Å². The van der Waals surface area contributed by atoms with Crippen LogP contribution in [0.1, 0.15) is 23.6 Å². The molecule has 0 aliphatic rings. The zero-order valence-electron chi connectivity index (χ0n) is 18.9. The Kier molecular flexibility index (Phi) is 10.4. The first-order valence-corrected chi connectivity index (χ1v) is 10.4. The molecule has 1 aromatic heterocycles. The third kappa shape index (κ3) is 8.88. The quantitative estimate of drug-likeness (QED) is 0.190. The standard InChI is InChI=1S/C26H24F3N3O3/c1-19(5-2-3-6-20-7-4-8-23(13-20)26(27,28)29)25(9-10-33)32-17-22(15-30)21-14-24(18-31-16-21)35-12-11-34/h2-5,7-11,13-18,30,32H,6,12H2,1H3/b3-2+,19-5-,22-17+,25-9+,30-15?. The highest BCUT2D eigenvalue weighted by Gasteiger charge is 2.30. The summed E-state index contributed by atoms with van der Waals surface area (Å²) < 4.78 is 43.8. The van der Waals surface area contributed by atoms with Gasteiger partial charge in [0, 0.05) is 41.5 Å². The maximum absolute atomic E-state index is 12.8. The number of allylic oxidation sites excluding steroid dienone is 6. The maximum atomic E-state index is 12.8. The van der Waals surface area contributed by atoms with Crippen molar-refractivity contribution in [2.24, 2.45) is 0 Å². The van der Waals surface area contributed by atoms with Crippen molar-refractivity contribution in [1.29, 1.82) is 5.41 Å². The van der Waals surface area contributed by atoms with Gasteiger partial charge in [-0.05, 0) is 36.6 Å². The molecule has 182 valence electrons. The Morgan fingerprint density at radius 1 is 1.17 bits per heavy atom. The molecule has 0 aliphatic heterocycles. The van der Waals surface area contributed by atoms with Crippen molar-refractivity contribution < 1.29 is 27.5 Å². The number of hydrogen-bond donors (Lipinski definition) is 2. The van der Waals surface area contributed by atoms with Crippen LogP contribution in [-0.4, -0.2) is 30.4 Å². The number of benzene rings is 1. The molecule has 0 saturated heterocycles. The molecule has 0 saturated carbocycles. The summed E-state index contributed by atoms with van der Waals surface area (Å²) in [6.07, 6.45) is 9.15. The molecule has 0 radical (unpaired) electrons. The Hall–Kier alpha value is -4.27. The van der Waals surface area contributed by atoms with Crippen LogP contribution in [0.3, 0.4) is 0 Å². The highest BCUT2D eigenvalue weighted by atomic mass is 19.4. The van der Waals surface area contributed by atoms with Gasteiger partial charge in [0.05, 0.1) is 11.8 Å². The number of carbonyl (C=O) groups is 2. The van der Waals surface area contributed by atoms with Crippen molar-refractivity contribution in [2.75, 3.05) is 6.61 Å². The molecule has 6 nitrogen and oxygen atoms in total. The van der Waals surface area contributed by atoms with Gasteiger partial charge in [-0.1, -0.05) is 36.4 Å². The van der Waals surface area contributed by atoms with Gasteiger partial charge in [-0.3, -0.25) is 14.6 Å². The van der Waals surface area contributed by atoms with E-state index in [0.29, 0.717) is 52.7 Å². The fraction of sp³-hybridized carbons (Fsp3) is 0.154. The van der Waals surface area contributed by atoms with Crippen molar-refractivity contribution in [3.05, 3.63) is 101 Å². The first kappa shape index (κ1) is 27.0. The predicted molar refractivity (Wildman–Crippen MR) is 128 cm³/mol. The number of nitrogens with one attached hydrogen (secondary N) is 2. The van der Waals surface area contributed by atoms with Gasteiger partial charge < -0.3 is 15.5 Å². The summed E-state index contributed by atoms with van der Waals surface area (Å²) >= 11 is 0. The van der Waals surface area contributed by atoms with Crippen LogP contribution in [0.2, 0.25) is 0 Å². The molecule has 0 amide bonds. The van der Waals surface area contributed by atoms with Crippen LogP contribution >= 0.6 is 0 Å². The van der Waals surface area contributed by atoms with E-state index in [9.17, 15) is 22.8 Å². The predicted octanol–water partition coefficient (Wildman–Crippen LogP) is 5.09. The normalized spacial score (nSPS) is 13.0. The summed E-state index contributed by atoms with van der Waals surface area (Å²) in [5, 5.41) is 10.7. The molecule has 2 aromatic rings. The van der Waals surface area contributed by atoms with Crippen molar-refractivity contribution in [1.82, 2.24) is 10.3 Å². The lowest BCUT2D eigenvalue weighted by Gasteiger charge is -2.09. The molecule has 2 N–H and O–H groups in total. The van der Waals surface area contributed by atoms with Crippen LogP contribution in [-0.2, 0) is 22.2 Å². The van der Waals surface area contributed by atoms with E-state index >= 15 is 0 Å². The SMILES string of the molecule is CC(=C/C=C/Cc1cccc(C(F)(F)F)c1)/C(=C\C=O)N/C=C(\C=N)c1cncc(OCC=O)c1. The van der Waals surface area contributed by atoms with E-state index in [4.69, 9.17) is 10.1 Å². The van der Waals surface area contributed by atoms with Gasteiger partial charge in [0.1, 0.15) is 18.6 Å². The summed E-state index contributed by atoms with van der Waals surface area (Å²) in [5.41, 5.74) is 1.97. The molecule has 9 heteroatoms. The van der Waals surface area contributed by atoms with E-state index in [1.165, 1.54) is 30.7 Å². The maximum Gasteiger partial charge on any atom is 0.416 e. The smallest absolute Gasteiger partial charge is 0.416 e. The van der Waals surface area contributed by atoms with Gasteiger partial charge in [0.25, 0.3) is 0 Å². The molecule has 0 atom stereocenters. The molecule has 2 rings (SSSR count). The van der Waals surface area contributed by atoms with Crippen LogP contribution in [0.15, 0.2) is 84.5 Å². The fourth-order valence-corrected chi connectivity index (χ4v) is 2.89. The number of aromatic nitrogens is 1. The summed E-state index contributed by atoms with van der Waals surface area (Å²) in [7, 11) is 0. The van der Waals surface area contributed by atoms with Crippen LogP contribution in [0.5, 0.6) is 5.75 Å². The second-order valence-corrected chi connectivity index (χ2v) is 7.17. The van der Waals surface area contributed by atoms with Crippen LogP contribution in [0.4, 0.5) is 13.2 Å². The van der Waals surface area contributed by atoms with E-state index in [1.54, 1.807) is 37.3 Å². The van der Waals surface area contributed by atoms with Crippen LogP contribution in [0, 0.1) is 5.41 Å². The molecule has 1 aromatic carbocycles. The zero-order chi connectivity index (χ0) is 25.7. The zero-order valence-corrected chi connectivity index (χ0v) is 18.9. The monoisotopic (exact) mass is 483 g/mol. The molecule has 1 heterocycles. The number of nitrogens with zero attached hydrogens (tertiary/aromatic N) is 1. The third-order valence-electron chi connectivity index (χ3n) is 4.65. The van der Waals surface area contributed by atoms with Gasteiger partial charge in [0.15, 0.2) is 6.29 Å². The molecule has 0 aliphatic carbocycles. The largest absolute Gasteiger partial charge is 0.485 e. The van der Waals surface area contributed by atoms with Gasteiger partial charge in [-0.25, -0.2) is 0 Å². The Bertz CT molecular complexity index is 1170. The highest BCUT2D eigenvalue weighted by Crippen LogP contribution is 2.29. The third-order valence-corrected chi connectivity index (χ3v) is 4.65. The average molecular weight is 483 g/mol. The van der Waals surface area contributed by atoms with E-state index in [1.807, 2.05) is 0 Å². The topological polar surface area (TPSA) is 92.1 Å². The lowest BCUT2D eigenvalue weighted by molar-refractivity contribution is -0.137. The molecular weight excluding hydrogens is 459 g/mol. The van der Waals surface area contributed by atoms with E-state index in [2.05, 4.69) is 10.3 Å². The first-order chi connectivity index (χ1) is 16.8. The lowest BCUT2D eigenvalue weighted by Crippen LogP contribution is -2.08. The minimum absolute atomic E-state index is 0.121. The Morgan fingerprint density at radius 3 is 2.66 bits per heavy atom. The number of carbonyl (C=O) groups excluding carboxylic acids is 2. The number of alkyl halides is 3. The van der Waals surface area contributed by atoms with Crippen molar-refractivity contribution in [3.8, 4) is 5.75 Å². The Balaban J connectivity index is 2.12. The van der Waals surface area contributed by atoms with E-state index < -0.39 is 11.7 Å². The molecule has 0 unspecified atom stereocenters. The number of ether oxygens (including phenoxy) is 1. The Labute approximate surface area is 201 Å². The van der Waals surface area contributed by atoms with Gasteiger partial charge in [-0.2, -0.15) is 13.2 Å². The molecule has 0 bridgehead atoms. The van der Waals surface area contributed by atoms with Crippen molar-refractivity contribution >= 4 is 24.4 Å². The molecule has 35 heavy (non-hydrogen) atoms. The van der Waals surface area contributed by atoms with Gasteiger partial charge in [0.2, 0.25) is 0 Å². The second kappa shape index (κ2) is 13.4. The summed E-state index contributed by atoms with van der Waals surface area (Å²) in [6, 6.07) is 6.75. The van der Waals surface area contributed by atoms with Crippen LogP contribution in [0.25, 0.3) is 5.57 Å². The van der Waals surface area contributed by atoms with Gasteiger partial charge in [-0.15, -0.1) is 0 Å². The minimum Gasteiger partial charge on any atom is -0.485 e. The minimum atomic E-state index is -4.39. The highest BCUT2D eigenvalue weighted by molar-refractivity contribution is 6.08. The summed E-state index contributed by atoms with van der Waals surface area (Å²) in [5.74, 6) is 0.369. The number of aldehydes is 2. The molecule has 0 spiro atoms. The number of hydrogen-bond acceptors (Lipinski definition) is 6. The molecule has 0 fully saturated rings. The Morgan fingerprint density at radius 2 is 1.97 bits per heavy atom. The number of pyridine rings is 1. The van der Waals surface area contributed by atoms with Crippen LogP contribution < -0.4 is 10.1 Å². The lowest BCUT2D eigenvalue weighted by atomic mass is 10.1. The summed E-state index contributed by atoms with van der Waals surface area (Å²) in [4.78, 5) is 25.6. The second-order valence-electron chi connectivity index (χ2n) is 7.17. The number of halogens is 3. The van der Waals surface area contributed by atoms with Crippen molar-refractivity contribution in [2.45, 2.75) is 19.5 Å². The van der Waals surface area contributed by atoms with E-state index in [-0.39, 0.29) is 6.61 Å². The number of rotatable bonds is 12. The summed E-state index contributed by atoms with van der Waals surface area (Å²) in [6.45, 7) is 1.63.